The number of benzene rings is 1. The second-order valence-electron chi connectivity index (χ2n) is 5.95. The largest absolute Gasteiger partial charge is 0.491 e. The fourth-order valence-corrected chi connectivity index (χ4v) is 2.91. The van der Waals surface area contributed by atoms with Gasteiger partial charge in [0.05, 0.1) is 16.3 Å². The number of nitrogens with one attached hydrogen (secondary N) is 2. The van der Waals surface area contributed by atoms with Crippen molar-refractivity contribution < 1.29 is 9.53 Å². The van der Waals surface area contributed by atoms with Gasteiger partial charge < -0.3 is 10.1 Å². The highest BCUT2D eigenvalue weighted by Gasteiger charge is 2.18. The van der Waals surface area contributed by atoms with E-state index in [4.69, 9.17) is 4.74 Å². The second-order valence-corrected chi connectivity index (χ2v) is 6.74. The zero-order valence-electron chi connectivity index (χ0n) is 13.8. The van der Waals surface area contributed by atoms with E-state index in [-0.39, 0.29) is 17.9 Å². The van der Waals surface area contributed by atoms with Gasteiger partial charge in [-0.05, 0) is 53.4 Å². The van der Waals surface area contributed by atoms with Gasteiger partial charge in [0.2, 0.25) is 0 Å². The van der Waals surface area contributed by atoms with E-state index in [1.54, 1.807) is 0 Å². The number of amides is 1. The first-order chi connectivity index (χ1) is 10.9. The van der Waals surface area contributed by atoms with Crippen molar-refractivity contribution in [3.05, 3.63) is 45.7 Å². The van der Waals surface area contributed by atoms with Crippen LogP contribution >= 0.6 is 15.9 Å². The molecule has 2 N–H and O–H groups in total. The highest BCUT2D eigenvalue weighted by Crippen LogP contribution is 2.25. The van der Waals surface area contributed by atoms with Gasteiger partial charge in [-0.2, -0.15) is 5.10 Å². The molecule has 0 radical (unpaired) electrons. The predicted molar refractivity (Wildman–Crippen MR) is 93.8 cm³/mol. The molecule has 0 saturated heterocycles. The molecule has 0 saturated carbocycles. The van der Waals surface area contributed by atoms with Gasteiger partial charge in [-0.3, -0.25) is 9.89 Å². The van der Waals surface area contributed by atoms with Gasteiger partial charge in [-0.25, -0.2) is 0 Å². The first-order valence-corrected chi connectivity index (χ1v) is 8.45. The van der Waals surface area contributed by atoms with E-state index in [0.717, 1.165) is 21.5 Å². The Morgan fingerprint density at radius 3 is 2.43 bits per heavy atom. The molecule has 0 unspecified atom stereocenters. The Morgan fingerprint density at radius 2 is 1.91 bits per heavy atom. The molecule has 6 heteroatoms. The molecular formula is C17H22BrN3O2. The molecular weight excluding hydrogens is 358 g/mol. The number of rotatable bonds is 6. The van der Waals surface area contributed by atoms with Gasteiger partial charge in [0.1, 0.15) is 5.75 Å². The average Bonchev–Trinajstić information content (AvgIpc) is 2.87. The van der Waals surface area contributed by atoms with Crippen LogP contribution in [0.2, 0.25) is 0 Å². The maximum absolute atomic E-state index is 12.2. The number of nitrogens with zero attached hydrogens (tertiary/aromatic N) is 1. The van der Waals surface area contributed by atoms with Crippen molar-refractivity contribution in [1.82, 2.24) is 15.5 Å². The highest BCUT2D eigenvalue weighted by molar-refractivity contribution is 9.10. The summed E-state index contributed by atoms with van der Waals surface area (Å²) in [4.78, 5) is 12.2. The van der Waals surface area contributed by atoms with Crippen LogP contribution in [-0.2, 0) is 6.54 Å². The maximum atomic E-state index is 12.2. The summed E-state index contributed by atoms with van der Waals surface area (Å²) in [6, 6.07) is 7.69. The van der Waals surface area contributed by atoms with Crippen LogP contribution in [0.3, 0.4) is 0 Å². The van der Waals surface area contributed by atoms with Crippen molar-refractivity contribution >= 4 is 21.8 Å². The molecule has 1 amide bonds. The van der Waals surface area contributed by atoms with Crippen LogP contribution in [-0.4, -0.2) is 22.2 Å². The SMILES string of the molecule is CC(C)Oc1ccc(CNC(=O)c2n[nH]c(C(C)C)c2Br)cc1. The minimum Gasteiger partial charge on any atom is -0.491 e. The number of halogens is 1. The van der Waals surface area contributed by atoms with Crippen LogP contribution in [0.4, 0.5) is 0 Å². The summed E-state index contributed by atoms with van der Waals surface area (Å²) >= 11 is 3.44. The van der Waals surface area contributed by atoms with Gasteiger partial charge in [0.25, 0.3) is 5.91 Å². The molecule has 0 aliphatic rings. The number of aromatic nitrogens is 2. The summed E-state index contributed by atoms with van der Waals surface area (Å²) in [6.07, 6.45) is 0.146. The zero-order chi connectivity index (χ0) is 17.0. The minimum atomic E-state index is -0.206. The molecule has 2 aromatic rings. The summed E-state index contributed by atoms with van der Waals surface area (Å²) in [5.41, 5.74) is 2.31. The number of hydrogen-bond donors (Lipinski definition) is 2. The van der Waals surface area contributed by atoms with E-state index in [0.29, 0.717) is 12.2 Å². The van der Waals surface area contributed by atoms with Gasteiger partial charge in [-0.15, -0.1) is 0 Å². The number of H-pyrrole nitrogens is 1. The molecule has 1 heterocycles. The normalized spacial score (nSPS) is 11.1. The molecule has 0 atom stereocenters. The summed E-state index contributed by atoms with van der Waals surface area (Å²) in [6.45, 7) is 8.50. The standard InChI is InChI=1S/C17H22BrN3O2/c1-10(2)15-14(18)16(21-20-15)17(22)19-9-12-5-7-13(8-6-12)23-11(3)4/h5-8,10-11H,9H2,1-4H3,(H,19,22)(H,20,21). The van der Waals surface area contributed by atoms with Gasteiger partial charge in [0, 0.05) is 6.54 Å². The molecule has 2 rings (SSSR count). The molecule has 0 fully saturated rings. The lowest BCUT2D eigenvalue weighted by Gasteiger charge is -2.10. The van der Waals surface area contributed by atoms with Gasteiger partial charge in [0.15, 0.2) is 5.69 Å². The van der Waals surface area contributed by atoms with E-state index >= 15 is 0 Å². The number of ether oxygens (including phenoxy) is 1. The number of aromatic amines is 1. The Balaban J connectivity index is 1.96. The van der Waals surface area contributed by atoms with Crippen molar-refractivity contribution in [3.63, 3.8) is 0 Å². The fourth-order valence-electron chi connectivity index (χ4n) is 2.10. The van der Waals surface area contributed by atoms with E-state index in [1.807, 2.05) is 52.0 Å². The van der Waals surface area contributed by atoms with Crippen molar-refractivity contribution in [3.8, 4) is 5.75 Å². The summed E-state index contributed by atoms with van der Waals surface area (Å²) in [5.74, 6) is 0.890. The Hall–Kier alpha value is -1.82. The smallest absolute Gasteiger partial charge is 0.273 e. The predicted octanol–water partition coefficient (Wildman–Crippen LogP) is 4.01. The Kier molecular flexibility index (Phi) is 5.82. The lowest BCUT2D eigenvalue weighted by molar-refractivity contribution is 0.0945. The van der Waals surface area contributed by atoms with E-state index in [9.17, 15) is 4.79 Å². The minimum absolute atomic E-state index is 0.146. The number of carbonyl (C=O) groups is 1. The third-order valence-electron chi connectivity index (χ3n) is 3.27. The first kappa shape index (κ1) is 17.5. The van der Waals surface area contributed by atoms with Gasteiger partial charge in [-0.1, -0.05) is 26.0 Å². The number of carbonyl (C=O) groups excluding carboxylic acids is 1. The Bertz CT molecular complexity index is 663. The Labute approximate surface area is 144 Å². The molecule has 5 nitrogen and oxygen atoms in total. The van der Waals surface area contributed by atoms with Crippen molar-refractivity contribution in [1.29, 1.82) is 0 Å². The fraction of sp³-hybridized carbons (Fsp3) is 0.412. The van der Waals surface area contributed by atoms with Crippen LogP contribution in [0.15, 0.2) is 28.7 Å². The van der Waals surface area contributed by atoms with E-state index < -0.39 is 0 Å². The maximum Gasteiger partial charge on any atom is 0.273 e. The molecule has 0 spiro atoms. The average molecular weight is 380 g/mol. The van der Waals surface area contributed by atoms with Crippen molar-refractivity contribution in [2.45, 2.75) is 46.3 Å². The highest BCUT2D eigenvalue weighted by atomic mass is 79.9. The molecule has 0 aliphatic heterocycles. The monoisotopic (exact) mass is 379 g/mol. The van der Waals surface area contributed by atoms with E-state index in [1.165, 1.54) is 0 Å². The van der Waals surface area contributed by atoms with Crippen LogP contribution in [0.5, 0.6) is 5.75 Å². The van der Waals surface area contributed by atoms with E-state index in [2.05, 4.69) is 31.4 Å². The summed E-state index contributed by atoms with van der Waals surface area (Å²) < 4.78 is 6.32. The quantitative estimate of drug-likeness (QED) is 0.796. The molecule has 1 aromatic heterocycles. The van der Waals surface area contributed by atoms with Crippen LogP contribution in [0.1, 0.15) is 55.4 Å². The summed E-state index contributed by atoms with van der Waals surface area (Å²) in [7, 11) is 0. The zero-order valence-corrected chi connectivity index (χ0v) is 15.4. The topological polar surface area (TPSA) is 67.0 Å². The third kappa shape index (κ3) is 4.58. The molecule has 1 aromatic carbocycles. The van der Waals surface area contributed by atoms with Gasteiger partial charge >= 0.3 is 0 Å². The van der Waals surface area contributed by atoms with Crippen LogP contribution in [0.25, 0.3) is 0 Å². The molecule has 0 aliphatic carbocycles. The summed E-state index contributed by atoms with van der Waals surface area (Å²) in [5, 5.41) is 9.87. The van der Waals surface area contributed by atoms with Crippen molar-refractivity contribution in [2.75, 3.05) is 0 Å². The molecule has 0 bridgehead atoms. The Morgan fingerprint density at radius 1 is 1.26 bits per heavy atom. The third-order valence-corrected chi connectivity index (χ3v) is 4.08. The lowest BCUT2D eigenvalue weighted by Crippen LogP contribution is -2.23. The lowest BCUT2D eigenvalue weighted by atomic mass is 10.1. The second kappa shape index (κ2) is 7.64. The molecule has 23 heavy (non-hydrogen) atoms. The van der Waals surface area contributed by atoms with Crippen LogP contribution < -0.4 is 10.1 Å². The first-order valence-electron chi connectivity index (χ1n) is 7.66. The molecule has 124 valence electrons. The number of hydrogen-bond acceptors (Lipinski definition) is 3. The van der Waals surface area contributed by atoms with Crippen LogP contribution in [0, 0.1) is 0 Å². The van der Waals surface area contributed by atoms with Crippen molar-refractivity contribution in [2.24, 2.45) is 0 Å².